The van der Waals surface area contributed by atoms with Gasteiger partial charge in [0.25, 0.3) is 11.6 Å². The first kappa shape index (κ1) is 23.8. The summed E-state index contributed by atoms with van der Waals surface area (Å²) in [6.07, 6.45) is 0.711. The molecule has 0 unspecified atom stereocenters. The number of nitrogens with zero attached hydrogens (tertiary/aromatic N) is 2. The third kappa shape index (κ3) is 5.68. The fraction of sp³-hybridized carbons (Fsp3) is 0.333. The Morgan fingerprint density at radius 2 is 1.85 bits per heavy atom. The van der Waals surface area contributed by atoms with Crippen LogP contribution in [-0.4, -0.2) is 51.9 Å². The summed E-state index contributed by atoms with van der Waals surface area (Å²) >= 11 is 0. The van der Waals surface area contributed by atoms with Crippen molar-refractivity contribution in [3.05, 3.63) is 77.4 Å². The van der Waals surface area contributed by atoms with E-state index in [0.29, 0.717) is 11.4 Å². The number of nitro groups is 1. The highest BCUT2D eigenvalue weighted by atomic mass is 16.6. The van der Waals surface area contributed by atoms with Crippen LogP contribution >= 0.6 is 0 Å². The van der Waals surface area contributed by atoms with E-state index in [1.807, 2.05) is 26.8 Å². The molecule has 2 aromatic carbocycles. The third-order valence-corrected chi connectivity index (χ3v) is 5.05. The summed E-state index contributed by atoms with van der Waals surface area (Å²) in [5.74, 6) is -0.0543. The molecule has 1 fully saturated rings. The molecule has 1 heterocycles. The van der Waals surface area contributed by atoms with Gasteiger partial charge in [0.1, 0.15) is 17.8 Å². The maximum Gasteiger partial charge on any atom is 0.269 e. The first-order valence-electron chi connectivity index (χ1n) is 10.6. The highest BCUT2D eigenvalue weighted by Crippen LogP contribution is 2.30. The van der Waals surface area contributed by atoms with Gasteiger partial charge in [0, 0.05) is 29.9 Å². The van der Waals surface area contributed by atoms with Crippen LogP contribution in [-0.2, 0) is 9.59 Å². The summed E-state index contributed by atoms with van der Waals surface area (Å²) in [4.78, 5) is 38.2. The molecular weight excluding hydrogens is 424 g/mol. The lowest BCUT2D eigenvalue weighted by molar-refractivity contribution is -0.384. The zero-order valence-corrected chi connectivity index (χ0v) is 18.9. The van der Waals surface area contributed by atoms with Gasteiger partial charge in [-0.3, -0.25) is 19.7 Å². The van der Waals surface area contributed by atoms with E-state index in [9.17, 15) is 19.7 Å². The number of carbonyl (C=O) groups excluding carboxylic acids is 2. The SMILES string of the molecule is C=CCN1C(=O)[C@H](Oc2ccccc2)[C@@H]1[C@@H](Nc1ccc([N+](=O)[O-])cc1)C(=O)NC(C)(C)C. The second kappa shape index (κ2) is 9.72. The van der Waals surface area contributed by atoms with E-state index < -0.39 is 28.6 Å². The summed E-state index contributed by atoms with van der Waals surface area (Å²) in [5, 5.41) is 17.1. The molecule has 0 aliphatic carbocycles. The molecule has 3 atom stereocenters. The zero-order chi connectivity index (χ0) is 24.2. The van der Waals surface area contributed by atoms with Crippen molar-refractivity contribution in [1.82, 2.24) is 10.2 Å². The van der Waals surface area contributed by atoms with Gasteiger partial charge in [-0.05, 0) is 45.0 Å². The van der Waals surface area contributed by atoms with Crippen LogP contribution in [0, 0.1) is 10.1 Å². The number of nitrogens with one attached hydrogen (secondary N) is 2. The van der Waals surface area contributed by atoms with Crippen molar-refractivity contribution in [2.24, 2.45) is 0 Å². The average molecular weight is 453 g/mol. The van der Waals surface area contributed by atoms with Gasteiger partial charge in [-0.1, -0.05) is 24.3 Å². The molecule has 0 spiro atoms. The van der Waals surface area contributed by atoms with E-state index in [2.05, 4.69) is 17.2 Å². The van der Waals surface area contributed by atoms with Crippen LogP contribution in [0.4, 0.5) is 11.4 Å². The Bertz CT molecular complexity index is 1020. The molecule has 3 rings (SSSR count). The van der Waals surface area contributed by atoms with Crippen LogP contribution in [0.1, 0.15) is 20.8 Å². The van der Waals surface area contributed by atoms with Crippen molar-refractivity contribution in [1.29, 1.82) is 0 Å². The molecule has 0 saturated carbocycles. The molecule has 0 radical (unpaired) electrons. The second-order valence-corrected chi connectivity index (χ2v) is 8.79. The Hall–Kier alpha value is -3.88. The van der Waals surface area contributed by atoms with Gasteiger partial charge in [-0.25, -0.2) is 0 Å². The molecule has 1 saturated heterocycles. The van der Waals surface area contributed by atoms with Crippen LogP contribution in [0.15, 0.2) is 67.3 Å². The van der Waals surface area contributed by atoms with Gasteiger partial charge in [0.05, 0.1) is 4.92 Å². The minimum Gasteiger partial charge on any atom is -0.478 e. The van der Waals surface area contributed by atoms with E-state index in [4.69, 9.17) is 4.74 Å². The largest absolute Gasteiger partial charge is 0.478 e. The zero-order valence-electron chi connectivity index (χ0n) is 18.9. The van der Waals surface area contributed by atoms with Crippen LogP contribution < -0.4 is 15.4 Å². The van der Waals surface area contributed by atoms with E-state index in [1.165, 1.54) is 29.2 Å². The number of non-ortho nitro benzene ring substituents is 1. The Labute approximate surface area is 192 Å². The number of benzene rings is 2. The minimum absolute atomic E-state index is 0.0614. The minimum atomic E-state index is -0.881. The van der Waals surface area contributed by atoms with E-state index >= 15 is 0 Å². The number of rotatable bonds is 9. The molecule has 1 aliphatic heterocycles. The van der Waals surface area contributed by atoms with E-state index in [0.717, 1.165) is 0 Å². The molecule has 2 amide bonds. The van der Waals surface area contributed by atoms with Gasteiger partial charge in [0.2, 0.25) is 5.91 Å². The topological polar surface area (TPSA) is 114 Å². The van der Waals surface area contributed by atoms with E-state index in [-0.39, 0.29) is 24.0 Å². The normalized spacial score (nSPS) is 18.6. The van der Waals surface area contributed by atoms with Crippen LogP contribution in [0.3, 0.4) is 0 Å². The third-order valence-electron chi connectivity index (χ3n) is 5.05. The summed E-state index contributed by atoms with van der Waals surface area (Å²) in [7, 11) is 0. The summed E-state index contributed by atoms with van der Waals surface area (Å²) in [6, 6.07) is 13.2. The molecular formula is C24H28N4O5. The number of ether oxygens (including phenoxy) is 1. The molecule has 2 N–H and O–H groups in total. The van der Waals surface area contributed by atoms with Gasteiger partial charge >= 0.3 is 0 Å². The van der Waals surface area contributed by atoms with E-state index in [1.54, 1.807) is 30.3 Å². The van der Waals surface area contributed by atoms with Crippen molar-refractivity contribution < 1.29 is 19.2 Å². The van der Waals surface area contributed by atoms with Crippen LogP contribution in [0.5, 0.6) is 5.75 Å². The summed E-state index contributed by atoms with van der Waals surface area (Å²) < 4.78 is 5.97. The van der Waals surface area contributed by atoms with Crippen molar-refractivity contribution in [3.63, 3.8) is 0 Å². The van der Waals surface area contributed by atoms with Crippen molar-refractivity contribution in [2.45, 2.75) is 44.5 Å². The molecule has 2 aromatic rings. The predicted octanol–water partition coefficient (Wildman–Crippen LogP) is 3.13. The summed E-state index contributed by atoms with van der Waals surface area (Å²) in [5.41, 5.74) is -0.0705. The maximum atomic E-state index is 13.3. The number of likely N-dealkylation sites (tertiary alicyclic amines) is 1. The lowest BCUT2D eigenvalue weighted by Crippen LogP contribution is -2.74. The monoisotopic (exact) mass is 452 g/mol. The molecule has 0 aromatic heterocycles. The fourth-order valence-corrected chi connectivity index (χ4v) is 3.62. The second-order valence-electron chi connectivity index (χ2n) is 8.79. The molecule has 174 valence electrons. The Morgan fingerprint density at radius 1 is 1.21 bits per heavy atom. The predicted molar refractivity (Wildman–Crippen MR) is 125 cm³/mol. The van der Waals surface area contributed by atoms with Crippen molar-refractivity contribution in [3.8, 4) is 5.75 Å². The molecule has 9 nitrogen and oxygen atoms in total. The number of hydrogen-bond donors (Lipinski definition) is 2. The Kier molecular flexibility index (Phi) is 7.01. The number of hydrogen-bond acceptors (Lipinski definition) is 6. The first-order chi connectivity index (χ1) is 15.6. The van der Waals surface area contributed by atoms with Crippen LogP contribution in [0.25, 0.3) is 0 Å². The number of anilines is 1. The van der Waals surface area contributed by atoms with Crippen molar-refractivity contribution in [2.75, 3.05) is 11.9 Å². The number of nitro benzene ring substituents is 1. The Morgan fingerprint density at radius 3 is 2.39 bits per heavy atom. The Balaban J connectivity index is 1.93. The van der Waals surface area contributed by atoms with Gasteiger partial charge in [-0.2, -0.15) is 0 Å². The smallest absolute Gasteiger partial charge is 0.269 e. The lowest BCUT2D eigenvalue weighted by atomic mass is 9.89. The molecule has 1 aliphatic rings. The van der Waals surface area contributed by atoms with Gasteiger partial charge < -0.3 is 20.3 Å². The first-order valence-corrected chi connectivity index (χ1v) is 10.6. The average Bonchev–Trinajstić information content (AvgIpc) is 2.76. The molecule has 33 heavy (non-hydrogen) atoms. The highest BCUT2D eigenvalue weighted by Gasteiger charge is 2.55. The van der Waals surface area contributed by atoms with Crippen molar-refractivity contribution >= 4 is 23.2 Å². The van der Waals surface area contributed by atoms with Gasteiger partial charge in [0.15, 0.2) is 6.10 Å². The molecule has 9 heteroatoms. The standard InChI is InChI=1S/C24H28N4O5/c1-5-15-27-20(21(23(27)30)33-18-9-7-6-8-10-18)19(22(29)26-24(2,3)4)25-16-11-13-17(14-12-16)28(31)32/h5-14,19-21,25H,1,15H2,2-4H3,(H,26,29)/t19-,20+,21-/m1/s1. The van der Waals surface area contributed by atoms with Gasteiger partial charge in [-0.15, -0.1) is 6.58 Å². The fourth-order valence-electron chi connectivity index (χ4n) is 3.62. The maximum absolute atomic E-state index is 13.3. The summed E-state index contributed by atoms with van der Waals surface area (Å²) in [6.45, 7) is 9.55. The number of para-hydroxylation sites is 1. The number of carbonyl (C=O) groups is 2. The molecule has 0 bridgehead atoms. The highest BCUT2D eigenvalue weighted by molar-refractivity contribution is 5.95. The quantitative estimate of drug-likeness (QED) is 0.262. The number of amides is 2. The van der Waals surface area contributed by atoms with Crippen LogP contribution in [0.2, 0.25) is 0 Å². The lowest BCUT2D eigenvalue weighted by Gasteiger charge is -2.49. The number of β-lactam (4-membered cyclic amide) rings is 1.